The minimum atomic E-state index is 1.17. The molecule has 0 aliphatic rings. The van der Waals surface area contributed by atoms with Gasteiger partial charge in [-0.05, 0) is 0 Å². The summed E-state index contributed by atoms with van der Waals surface area (Å²) in [6.07, 6.45) is 5.42. The Morgan fingerprint density at radius 3 is 3.00 bits per heavy atom. The van der Waals surface area contributed by atoms with E-state index in [1.807, 2.05) is 6.20 Å². The monoisotopic (exact) mass is 130 g/mol. The molecule has 7 heavy (non-hydrogen) atoms. The predicted octanol–water partition coefficient (Wildman–Crippen LogP) is 2.03. The Labute approximate surface area is 50.8 Å². The number of nitrogens with zero attached hydrogens (tertiary/aromatic N) is 1. The maximum Gasteiger partial charge on any atom is 0.0803 e. The number of thioether (sulfide) groups is 1. The van der Waals surface area contributed by atoms with E-state index in [1.165, 1.54) is 16.0 Å². The highest BCUT2D eigenvalue weighted by molar-refractivity contribution is 8.02. The van der Waals surface area contributed by atoms with Crippen molar-refractivity contribution in [3.8, 4) is 0 Å². The van der Waals surface area contributed by atoms with Gasteiger partial charge in [-0.2, -0.15) is 0 Å². The van der Waals surface area contributed by atoms with Crippen LogP contribution >= 0.6 is 23.1 Å². The van der Waals surface area contributed by atoms with Crippen LogP contribution in [0.25, 0.3) is 0 Å². The van der Waals surface area contributed by atoms with E-state index in [-0.39, 0.29) is 0 Å². The van der Waals surface area contributed by atoms with Crippen LogP contribution in [-0.2, 0) is 0 Å². The zero-order valence-electron chi connectivity index (χ0n) is 3.63. The lowest BCUT2D eigenvalue weighted by molar-refractivity contribution is 1.38. The third-order valence-corrected chi connectivity index (χ3v) is 2.15. The average molecular weight is 130 g/mol. The van der Waals surface area contributed by atoms with Gasteiger partial charge in [0.05, 0.1) is 15.9 Å². The van der Waals surface area contributed by atoms with Crippen molar-refractivity contribution in [3.05, 3.63) is 18.0 Å². The fourth-order valence-corrected chi connectivity index (χ4v) is 1.16. The van der Waals surface area contributed by atoms with Gasteiger partial charge in [-0.15, -0.1) is 23.1 Å². The Kier molecular flexibility index (Phi) is 1.70. The summed E-state index contributed by atoms with van der Waals surface area (Å²) in [7, 11) is 0. The number of hydrogen-bond donors (Lipinski definition) is 0. The van der Waals surface area contributed by atoms with Crippen molar-refractivity contribution in [2.45, 2.75) is 4.21 Å². The molecule has 3 heteroatoms. The van der Waals surface area contributed by atoms with Crippen LogP contribution in [-0.4, -0.2) is 4.98 Å². The van der Waals surface area contributed by atoms with Crippen molar-refractivity contribution < 1.29 is 0 Å². The highest BCUT2D eigenvalue weighted by Gasteiger charge is 1.85. The fourth-order valence-electron chi connectivity index (χ4n) is 0.275. The van der Waals surface area contributed by atoms with Gasteiger partial charge in [0.1, 0.15) is 0 Å². The third-order valence-electron chi connectivity index (χ3n) is 0.552. The molecule has 0 amide bonds. The highest BCUT2D eigenvalue weighted by Crippen LogP contribution is 2.18. The number of rotatable bonds is 1. The normalized spacial score (nSPS) is 9.29. The molecule has 1 nitrogen and oxygen atoms in total. The Morgan fingerprint density at radius 1 is 1.86 bits per heavy atom. The van der Waals surface area contributed by atoms with Gasteiger partial charge in [0, 0.05) is 6.26 Å². The molecule has 0 aliphatic heterocycles. The van der Waals surface area contributed by atoms with E-state index in [2.05, 4.69) is 11.2 Å². The first-order valence-corrected chi connectivity index (χ1v) is 3.60. The molecule has 0 spiro atoms. The van der Waals surface area contributed by atoms with Gasteiger partial charge in [-0.25, -0.2) is 0 Å². The summed E-state index contributed by atoms with van der Waals surface area (Å²) < 4.78 is 1.17. The fraction of sp³-hybridized carbons (Fsp3) is 0. The maximum atomic E-state index is 3.85. The van der Waals surface area contributed by atoms with Crippen LogP contribution in [0.5, 0.6) is 0 Å². The van der Waals surface area contributed by atoms with Crippen molar-refractivity contribution in [2.24, 2.45) is 0 Å². The van der Waals surface area contributed by atoms with Crippen LogP contribution in [0.15, 0.2) is 15.9 Å². The van der Waals surface area contributed by atoms with Gasteiger partial charge in [-0.1, -0.05) is 0 Å². The molecule has 1 heterocycles. The third kappa shape index (κ3) is 1.17. The topological polar surface area (TPSA) is 12.9 Å². The molecule has 0 bridgehead atoms. The molecule has 0 N–H and O–H groups in total. The molecule has 0 saturated carbocycles. The second-order valence-electron chi connectivity index (χ2n) is 0.965. The lowest BCUT2D eigenvalue weighted by Gasteiger charge is -1.76. The van der Waals surface area contributed by atoms with Gasteiger partial charge in [0.2, 0.25) is 0 Å². The van der Waals surface area contributed by atoms with Crippen molar-refractivity contribution in [2.75, 3.05) is 0 Å². The van der Waals surface area contributed by atoms with Gasteiger partial charge >= 0.3 is 0 Å². The van der Waals surface area contributed by atoms with E-state index in [0.717, 1.165) is 0 Å². The molecule has 0 atom stereocenters. The average Bonchev–Trinajstić information content (AvgIpc) is 2.14. The molecule has 1 radical (unpaired) electrons. The first kappa shape index (κ1) is 5.12. The quantitative estimate of drug-likeness (QED) is 0.539. The first-order valence-electron chi connectivity index (χ1n) is 1.74. The lowest BCUT2D eigenvalue weighted by Crippen LogP contribution is -1.47. The molecule has 0 aromatic carbocycles. The Bertz CT molecular complexity index is 124. The molecule has 0 unspecified atom stereocenters. The van der Waals surface area contributed by atoms with Crippen LogP contribution in [0.3, 0.4) is 0 Å². The van der Waals surface area contributed by atoms with Gasteiger partial charge in [0.25, 0.3) is 0 Å². The second-order valence-corrected chi connectivity index (χ2v) is 2.84. The van der Waals surface area contributed by atoms with Crippen molar-refractivity contribution in [1.29, 1.82) is 0 Å². The van der Waals surface area contributed by atoms with E-state index in [4.69, 9.17) is 0 Å². The number of thiazole rings is 1. The molecule has 0 saturated heterocycles. The van der Waals surface area contributed by atoms with Crippen LogP contribution in [0.2, 0.25) is 0 Å². The van der Waals surface area contributed by atoms with E-state index in [0.29, 0.717) is 0 Å². The standard InChI is InChI=1S/C4H4NS2/c1-6-4-2-5-3-7-4/h2-3H,1H2. The summed E-state index contributed by atoms with van der Waals surface area (Å²) in [6, 6.07) is 0. The van der Waals surface area contributed by atoms with Crippen LogP contribution in [0.1, 0.15) is 0 Å². The minimum absolute atomic E-state index is 1.17. The lowest BCUT2D eigenvalue weighted by atomic mass is 11.0. The van der Waals surface area contributed by atoms with Crippen molar-refractivity contribution >= 4 is 23.1 Å². The molecular formula is C4H4NS2. The van der Waals surface area contributed by atoms with Crippen LogP contribution in [0.4, 0.5) is 0 Å². The second kappa shape index (κ2) is 2.33. The molecule has 1 rings (SSSR count). The SMILES string of the molecule is [CH2]Sc1cncs1. The summed E-state index contributed by atoms with van der Waals surface area (Å²) in [4.78, 5) is 3.85. The molecule has 0 aliphatic carbocycles. The molecular weight excluding hydrogens is 126 g/mol. The Morgan fingerprint density at radius 2 is 2.71 bits per heavy atom. The zero-order valence-corrected chi connectivity index (χ0v) is 5.26. The zero-order chi connectivity index (χ0) is 5.11. The Hall–Kier alpha value is -0.0200. The summed E-state index contributed by atoms with van der Waals surface area (Å²) in [5.74, 6) is 0. The summed E-state index contributed by atoms with van der Waals surface area (Å²) >= 11 is 3.09. The largest absolute Gasteiger partial charge is 0.252 e. The molecule has 0 fully saturated rings. The summed E-state index contributed by atoms with van der Waals surface area (Å²) in [5, 5.41) is 0. The van der Waals surface area contributed by atoms with E-state index in [9.17, 15) is 0 Å². The maximum absolute atomic E-state index is 3.85. The smallest absolute Gasteiger partial charge is 0.0803 e. The molecule has 37 valence electrons. The number of hydrogen-bond acceptors (Lipinski definition) is 3. The molecule has 1 aromatic heterocycles. The van der Waals surface area contributed by atoms with Crippen LogP contribution < -0.4 is 0 Å². The summed E-state index contributed by atoms with van der Waals surface area (Å²) in [6.45, 7) is 0. The summed E-state index contributed by atoms with van der Waals surface area (Å²) in [5.41, 5.74) is 1.80. The van der Waals surface area contributed by atoms with Crippen molar-refractivity contribution in [3.63, 3.8) is 0 Å². The molecule has 1 aromatic rings. The van der Waals surface area contributed by atoms with Crippen LogP contribution in [0, 0.1) is 6.26 Å². The minimum Gasteiger partial charge on any atom is -0.252 e. The van der Waals surface area contributed by atoms with E-state index < -0.39 is 0 Å². The predicted molar refractivity (Wildman–Crippen MR) is 33.3 cm³/mol. The van der Waals surface area contributed by atoms with Gasteiger partial charge in [-0.3, -0.25) is 4.98 Å². The highest BCUT2D eigenvalue weighted by atomic mass is 32.2. The van der Waals surface area contributed by atoms with Crippen molar-refractivity contribution in [1.82, 2.24) is 4.98 Å². The first-order chi connectivity index (χ1) is 3.43. The van der Waals surface area contributed by atoms with Gasteiger partial charge < -0.3 is 0 Å². The number of aromatic nitrogens is 1. The van der Waals surface area contributed by atoms with Gasteiger partial charge in [0.15, 0.2) is 0 Å². The van der Waals surface area contributed by atoms with E-state index >= 15 is 0 Å². The Balaban J connectivity index is 2.76. The van der Waals surface area contributed by atoms with E-state index in [1.54, 1.807) is 16.8 Å².